The minimum atomic E-state index is -1.16. The topological polar surface area (TPSA) is 423 Å². The van der Waals surface area contributed by atoms with Crippen molar-refractivity contribution < 1.29 is 27.8 Å². The van der Waals surface area contributed by atoms with Gasteiger partial charge in [-0.15, -0.1) is 63.1 Å². The van der Waals surface area contributed by atoms with Crippen LogP contribution in [0.3, 0.4) is 0 Å². The molecule has 2 unspecified atom stereocenters. The average Bonchev–Trinajstić information content (AvgIpc) is 1.61. The molecule has 0 saturated heterocycles. The highest BCUT2D eigenvalue weighted by atomic mass is 32.2. The van der Waals surface area contributed by atoms with Gasteiger partial charge in [0, 0.05) is 141 Å². The Bertz CT molecular complexity index is 9620. The first kappa shape index (κ1) is 96.0. The zero-order valence-electron chi connectivity index (χ0n) is 80.1. The van der Waals surface area contributed by atoms with Gasteiger partial charge in [0.05, 0.1) is 115 Å². The summed E-state index contributed by atoms with van der Waals surface area (Å²) in [6.45, 7) is 9.37. The first-order valence-electron chi connectivity index (χ1n) is 46.0. The van der Waals surface area contributed by atoms with E-state index in [0.717, 1.165) is 138 Å². The van der Waals surface area contributed by atoms with Crippen molar-refractivity contribution in [2.45, 2.75) is 93.9 Å². The van der Waals surface area contributed by atoms with Gasteiger partial charge >= 0.3 is 0 Å². The van der Waals surface area contributed by atoms with E-state index >= 15 is 0 Å². The van der Waals surface area contributed by atoms with E-state index in [-0.39, 0.29) is 39.3 Å². The molecule has 0 saturated carbocycles. The number of terminal acetylenes is 1. The third kappa shape index (κ3) is 18.6. The summed E-state index contributed by atoms with van der Waals surface area (Å²) in [5, 5.41) is 52.4. The van der Waals surface area contributed by atoms with E-state index < -0.39 is 21.6 Å². The first-order chi connectivity index (χ1) is 70.6. The summed E-state index contributed by atoms with van der Waals surface area (Å²) in [7, 11) is 6.91. The number of Topliss-reactive ketones (excluding diaryl/α,β-unsaturated/α-hetero) is 1. The fourth-order valence-electron chi connectivity index (χ4n) is 18.1. The summed E-state index contributed by atoms with van der Waals surface area (Å²) in [5.41, 5.74) is 18.5. The average molecular weight is 2080 g/mol. The van der Waals surface area contributed by atoms with Crippen LogP contribution in [-0.4, -0.2) is 168 Å². The number of nitrogens with zero attached hydrogens (tertiary/aromatic N) is 23. The van der Waals surface area contributed by atoms with E-state index in [1.165, 1.54) is 64.1 Å². The summed E-state index contributed by atoms with van der Waals surface area (Å²) in [6, 6.07) is 45.9. The predicted molar refractivity (Wildman–Crippen MR) is 571 cm³/mol. The number of rotatable bonds is 20. The predicted octanol–water partition coefficient (Wildman–Crippen LogP) is 14.4. The number of phenolic OH excluding ortho intramolecular Hbond substituents is 1. The highest BCUT2D eigenvalue weighted by Gasteiger charge is 2.28. The number of carbonyl (C=O) groups excluding carboxylic acids is 1. The molecular formula is C103H89N25O11S7. The number of aromatic nitrogens is 24. The molecule has 36 nitrogen and oxygen atoms in total. The van der Waals surface area contributed by atoms with Gasteiger partial charge in [0.2, 0.25) is 0 Å². The van der Waals surface area contributed by atoms with E-state index in [2.05, 4.69) is 98.8 Å². The van der Waals surface area contributed by atoms with Gasteiger partial charge in [-0.1, -0.05) is 111 Å². The van der Waals surface area contributed by atoms with Crippen LogP contribution in [0.1, 0.15) is 119 Å². The van der Waals surface area contributed by atoms with Gasteiger partial charge in [0.25, 0.3) is 27.8 Å². The number of H-pyrrole nitrogens is 2. The standard InChI is InChI=1S/C24H19N5O2S.C21H18N6O2S.C21H16N6OS.C19H20N4O2S2.C18H16N4O4S2/c1-28-21-19(22-23(28)27-20(32-22)9-14-4-2-7-17(30)8-14)12-26-29(24(21)31)13-16-6-3-5-15-10-25-11-18(15)16;1-12(28)14-5-3-4-13(8-14)11-27-21(29)18-16(10-23-27)19-20(26(18)2)24-17(30-19)9-15-6-7-22-25-15;1-3-13-5-4-6-14(9-13)12-27-21(28)18-16(11-23-27)19-20(26(18)2)24-17(29-19)10-15-7-8-22-25-15;1-11(2)13-7-5-6-12(8-13)10-23-18(24)15-14(9-20-23)16-17(22(15)3)21-19(26-16)27(4)25;1-21-14-11(15-16(21)20-18(27-15)28(2)24)8-19-22(17(14)23)9-10-3-4-12-13(7-10)26-6-5-25-12/h2-8,11-12,30H,9-10,13H2,1H3;3-8,10H,9,11H2,1-2H3,(H,22,25);1,4-9,11H,10,12H2,2H3,(H,22,25);5-9,11H,10H2,1-4H3;3-4,7-8H,5-6,9H2,1-2H3. The van der Waals surface area contributed by atoms with Gasteiger partial charge in [-0.25, -0.2) is 48.3 Å². The summed E-state index contributed by atoms with van der Waals surface area (Å²) < 4.78 is 56.7. The van der Waals surface area contributed by atoms with Crippen LogP contribution < -0.4 is 37.3 Å². The molecule has 43 heteroatoms. The molecule has 17 aromatic heterocycles. The lowest BCUT2D eigenvalue weighted by Crippen LogP contribution is -2.25. The minimum Gasteiger partial charge on any atom is -0.508 e. The molecule has 0 radical (unpaired) electrons. The molecule has 0 amide bonds. The normalized spacial score (nSPS) is 12.6. The summed E-state index contributed by atoms with van der Waals surface area (Å²) in [6.07, 6.45) is 24.6. The van der Waals surface area contributed by atoms with Crippen LogP contribution in [0.5, 0.6) is 17.2 Å². The third-order valence-electron chi connectivity index (χ3n) is 25.3. The quantitative estimate of drug-likeness (QED) is 0.0471. The second-order valence-electron chi connectivity index (χ2n) is 35.4. The molecule has 2 aliphatic heterocycles. The van der Waals surface area contributed by atoms with E-state index in [0.29, 0.717) is 142 Å². The van der Waals surface area contributed by atoms with Crippen LogP contribution in [0.15, 0.2) is 227 Å². The monoisotopic (exact) mass is 2080 g/mol. The molecular weight excluding hydrogens is 1990 g/mol. The highest BCUT2D eigenvalue weighted by Crippen LogP contribution is 2.39. The maximum Gasteiger partial charge on any atom is 0.291 e. The number of benzene rings is 6. The summed E-state index contributed by atoms with van der Waals surface area (Å²) >= 11 is 7.41. The Morgan fingerprint density at radius 2 is 0.856 bits per heavy atom. The molecule has 25 rings (SSSR count). The maximum absolute atomic E-state index is 13.3. The Hall–Kier alpha value is -16.1. The molecule has 2 atom stereocenters. The molecule has 0 bridgehead atoms. The van der Waals surface area contributed by atoms with Crippen molar-refractivity contribution in [3.8, 4) is 29.6 Å². The van der Waals surface area contributed by atoms with Crippen LogP contribution in [-0.2, 0) is 115 Å². The van der Waals surface area contributed by atoms with Crippen LogP contribution in [0.25, 0.3) is 106 Å². The number of fused-ring (bicyclic) bond motifs is 17. The molecule has 23 aromatic rings. The SMILES string of the molecule is C#Cc1cccc(Cn2ncc3c4sc(Cc5ccn[nH]5)nc4n(C)c3c2=O)c1.CC(=O)c1cccc(Cn2ncc3c4sc(Cc5ccn[nH]5)nc4n(C)c3c2=O)c1.CC(C)c1cccc(Cn2ncc3c4sc(S(C)=O)nc4n(C)c3c2=O)c1.Cn1c2nc(Cc3cccc(O)c3)sc2c2cnn(Cc3cccc4c3C=NC4)c(=O)c21.Cn1c2nc(S(C)=O)sc2c2cnn(Cc3ccc4c(c3)OCCO4)c(=O)c21. The Labute approximate surface area is 852 Å². The molecule has 734 valence electrons. The number of aromatic amines is 2. The summed E-state index contributed by atoms with van der Waals surface area (Å²) in [4.78, 5) is 105. The molecule has 2 aliphatic rings. The minimum absolute atomic E-state index is 0.00714. The van der Waals surface area contributed by atoms with Crippen molar-refractivity contribution >= 4 is 197 Å². The number of hydrogen-bond donors (Lipinski definition) is 3. The fourth-order valence-corrected chi connectivity index (χ4v) is 25.0. The van der Waals surface area contributed by atoms with Gasteiger partial charge in [0.1, 0.15) is 61.6 Å². The van der Waals surface area contributed by atoms with E-state index in [1.54, 1.807) is 130 Å². The number of aryl methyl sites for hydroxylation is 5. The van der Waals surface area contributed by atoms with Gasteiger partial charge in [-0.05, 0) is 112 Å². The fraction of sp³-hybridized carbons (Fsp3) is 0.214. The van der Waals surface area contributed by atoms with Gasteiger partial charge in [-0.3, -0.25) is 52.4 Å². The highest BCUT2D eigenvalue weighted by molar-refractivity contribution is 7.87. The number of thiazole rings is 5. The molecule has 19 heterocycles. The van der Waals surface area contributed by atoms with Crippen LogP contribution >= 0.6 is 56.7 Å². The number of hydrogen-bond acceptors (Lipinski definition) is 29. The van der Waals surface area contributed by atoms with Crippen LogP contribution in [0.2, 0.25) is 0 Å². The number of phenols is 1. The molecule has 0 spiro atoms. The Morgan fingerprint density at radius 3 is 1.30 bits per heavy atom. The second kappa shape index (κ2) is 39.9. The van der Waals surface area contributed by atoms with Crippen molar-refractivity contribution in [2.24, 2.45) is 40.2 Å². The zero-order valence-corrected chi connectivity index (χ0v) is 85.8. The van der Waals surface area contributed by atoms with Crippen LogP contribution in [0.4, 0.5) is 0 Å². The third-order valence-corrected chi connectivity index (χ3v) is 33.4. The largest absolute Gasteiger partial charge is 0.508 e. The van der Waals surface area contributed by atoms with Crippen molar-refractivity contribution in [3.05, 3.63) is 328 Å². The van der Waals surface area contributed by atoms with E-state index in [1.807, 2.05) is 151 Å². The van der Waals surface area contributed by atoms with E-state index in [9.17, 15) is 42.3 Å². The number of aromatic hydroxyl groups is 1. The Morgan fingerprint density at radius 1 is 0.452 bits per heavy atom. The number of carbonyl (C=O) groups is 1. The molecule has 6 aromatic carbocycles. The summed E-state index contributed by atoms with van der Waals surface area (Å²) in [5.74, 6) is 4.68. The Balaban J connectivity index is 0.000000107. The van der Waals surface area contributed by atoms with Gasteiger partial charge in [-0.2, -0.15) is 35.7 Å². The van der Waals surface area contributed by atoms with E-state index in [4.69, 9.17) is 30.8 Å². The van der Waals surface area contributed by atoms with Gasteiger partial charge < -0.3 is 37.4 Å². The number of aliphatic imine (C=N–C) groups is 1. The number of nitrogens with one attached hydrogen (secondary N) is 2. The van der Waals surface area contributed by atoms with Crippen molar-refractivity contribution in [3.63, 3.8) is 0 Å². The van der Waals surface area contributed by atoms with Gasteiger partial charge in [0.15, 0.2) is 54.2 Å². The number of ether oxygens (including phenoxy) is 2. The van der Waals surface area contributed by atoms with Crippen molar-refractivity contribution in [2.75, 3.05) is 25.7 Å². The lowest BCUT2D eigenvalue weighted by molar-refractivity contribution is 0.101. The van der Waals surface area contributed by atoms with Crippen LogP contribution in [0, 0.1) is 12.3 Å². The van der Waals surface area contributed by atoms with Crippen molar-refractivity contribution in [1.82, 2.24) is 117 Å². The number of ketones is 1. The lowest BCUT2D eigenvalue weighted by atomic mass is 10.0. The molecule has 0 aliphatic carbocycles. The second-order valence-corrected chi connectivity index (χ2v) is 43.8. The lowest BCUT2D eigenvalue weighted by Gasteiger charge is -2.18. The molecule has 3 N–H and O–H groups in total. The molecule has 0 fully saturated rings. The Kier molecular flexibility index (Phi) is 26.2. The zero-order chi connectivity index (χ0) is 101. The smallest absolute Gasteiger partial charge is 0.291 e. The first-order valence-corrected chi connectivity index (χ1v) is 53.2. The molecule has 146 heavy (non-hydrogen) atoms. The maximum atomic E-state index is 13.3. The van der Waals surface area contributed by atoms with Crippen molar-refractivity contribution in [1.29, 1.82) is 0 Å².